The number of hydrogen-bond acceptors (Lipinski definition) is 3. The van der Waals surface area contributed by atoms with Crippen LogP contribution in [0.3, 0.4) is 0 Å². The molecular formula is C89H66BN5. The topological polar surface area (TPSA) is 48.5 Å². The lowest BCUT2D eigenvalue weighted by atomic mass is 9.34. The summed E-state index contributed by atoms with van der Waals surface area (Å²) < 4.78 is 5.27. The van der Waals surface area contributed by atoms with E-state index in [1.807, 2.05) is 12.1 Å². The Morgan fingerprint density at radius 1 is 0.274 bits per heavy atom. The lowest BCUT2D eigenvalue weighted by Crippen LogP contribution is -2.59. The molecule has 450 valence electrons. The number of aromatic nitrogens is 5. The van der Waals surface area contributed by atoms with Crippen molar-refractivity contribution < 1.29 is 0 Å². The molecule has 3 aromatic heterocycles. The van der Waals surface area contributed by atoms with Gasteiger partial charge in [-0.25, -0.2) is 15.0 Å². The summed E-state index contributed by atoms with van der Waals surface area (Å²) in [7, 11) is 0. The Hall–Kier alpha value is -11.5. The molecule has 0 saturated carbocycles. The second-order valence-corrected chi connectivity index (χ2v) is 27.9. The van der Waals surface area contributed by atoms with Gasteiger partial charge in [0, 0.05) is 60.6 Å². The Morgan fingerprint density at radius 3 is 0.926 bits per heavy atom. The van der Waals surface area contributed by atoms with Gasteiger partial charge in [-0.3, -0.25) is 0 Å². The molecule has 0 fully saturated rings. The first-order chi connectivity index (χ1) is 46.4. The summed E-state index contributed by atoms with van der Waals surface area (Å²) in [4.78, 5) is 16.4. The fourth-order valence-electron chi connectivity index (χ4n) is 15.3. The average molecular weight is 1220 g/mol. The predicted molar refractivity (Wildman–Crippen MR) is 399 cm³/mol. The number of rotatable bonds is 9. The van der Waals surface area contributed by atoms with Gasteiger partial charge in [0.2, 0.25) is 0 Å². The first-order valence-corrected chi connectivity index (χ1v) is 33.2. The molecule has 2 aliphatic rings. The SMILES string of the molecule is CC(C)(C)c1ccc(-c2cc3c4c(c2)c2c(-c5ccccc5)cc(-c5ccccc5)cc2n4-c2cc(-c4nc(-c5ccccc5)nc(-c5ccccc5)n4)cc4c2B3c2cc(-c3ccc(C(C)(C)C)cc3)cc3c5c(-c6ccccc6)cc(-c6ccccc6)cc5n-4c23)cc1. The number of nitrogens with zero attached hydrogens (tertiary/aromatic N) is 5. The monoisotopic (exact) mass is 1220 g/mol. The molecule has 0 bridgehead atoms. The van der Waals surface area contributed by atoms with Crippen LogP contribution in [0.25, 0.3) is 156 Å². The highest BCUT2D eigenvalue weighted by Crippen LogP contribution is 2.49. The van der Waals surface area contributed by atoms with Gasteiger partial charge in [0.05, 0.1) is 11.0 Å². The molecule has 0 radical (unpaired) electrons. The van der Waals surface area contributed by atoms with E-state index < -0.39 is 0 Å². The minimum Gasteiger partial charge on any atom is -0.310 e. The quantitative estimate of drug-likeness (QED) is 0.135. The highest BCUT2D eigenvalue weighted by atomic mass is 15.1. The van der Waals surface area contributed by atoms with E-state index in [1.165, 1.54) is 93.5 Å². The Labute approximate surface area is 554 Å². The maximum atomic E-state index is 5.55. The van der Waals surface area contributed by atoms with E-state index in [1.54, 1.807) is 0 Å². The van der Waals surface area contributed by atoms with Gasteiger partial charge in [-0.05, 0) is 154 Å². The lowest BCUT2D eigenvalue weighted by Gasteiger charge is -2.34. The Kier molecular flexibility index (Phi) is 12.8. The Balaban J connectivity index is 1.05. The standard InChI is InChI=1S/C89H66BN5/c1-88(2,3)68-41-37-57(38-42-68)63-47-72-80-70(59-29-17-9-18-30-59)45-65(55-25-13-7-14-26-55)51-76(80)94-78-53-67(87-92-85(61-33-21-11-22-34-61)91-86(93-87)62-35-23-12-24-36-62)54-79-82(78)90(74(49-63)83(72)94)75-50-64(58-39-43-69(44-40-58)89(4,5)6)48-73-81-71(60-31-19-10-20-32-60)46-66(56-27-15-8-16-28-56)52-77(81)95(79)84(73)75/h7-54H,1-6H3. The third-order valence-corrected chi connectivity index (χ3v) is 20.0. The van der Waals surface area contributed by atoms with Crippen LogP contribution in [0, 0.1) is 0 Å². The van der Waals surface area contributed by atoms with Gasteiger partial charge < -0.3 is 9.13 Å². The summed E-state index contributed by atoms with van der Waals surface area (Å²) in [5.74, 6) is 1.82. The molecule has 95 heavy (non-hydrogen) atoms. The first kappa shape index (κ1) is 56.3. The molecule has 0 amide bonds. The molecule has 18 rings (SSSR count). The summed E-state index contributed by atoms with van der Waals surface area (Å²) in [6.07, 6.45) is 0. The van der Waals surface area contributed by atoms with E-state index in [-0.39, 0.29) is 17.5 Å². The van der Waals surface area contributed by atoms with Gasteiger partial charge >= 0.3 is 0 Å². The maximum absolute atomic E-state index is 5.55. The maximum Gasteiger partial charge on any atom is 0.252 e. The fraction of sp³-hybridized carbons (Fsp3) is 0.0899. The van der Waals surface area contributed by atoms with Crippen LogP contribution < -0.4 is 16.4 Å². The fourth-order valence-corrected chi connectivity index (χ4v) is 15.3. The number of benzene rings is 13. The molecule has 0 atom stereocenters. The molecule has 0 spiro atoms. The minimum atomic E-state index is -0.240. The zero-order valence-corrected chi connectivity index (χ0v) is 54.0. The van der Waals surface area contributed by atoms with Crippen LogP contribution in [-0.2, 0) is 10.8 Å². The summed E-state index contributed by atoms with van der Waals surface area (Å²) in [5, 5.41) is 4.82. The van der Waals surface area contributed by atoms with Crippen LogP contribution in [0.1, 0.15) is 52.7 Å². The predicted octanol–water partition coefficient (Wildman–Crippen LogP) is 20.8. The average Bonchev–Trinajstić information content (AvgIpc) is 1.55. The molecule has 0 saturated heterocycles. The highest BCUT2D eigenvalue weighted by Gasteiger charge is 2.43. The zero-order valence-electron chi connectivity index (χ0n) is 54.0. The third kappa shape index (κ3) is 9.25. The highest BCUT2D eigenvalue weighted by molar-refractivity contribution is 7.00. The Bertz CT molecular complexity index is 5380. The van der Waals surface area contributed by atoms with Gasteiger partial charge in [-0.1, -0.05) is 284 Å². The molecular weight excluding hydrogens is 1150 g/mol. The van der Waals surface area contributed by atoms with Crippen LogP contribution in [0.4, 0.5) is 0 Å². The second kappa shape index (κ2) is 21.6. The molecule has 16 aromatic rings. The molecule has 6 heteroatoms. The van der Waals surface area contributed by atoms with E-state index >= 15 is 0 Å². The van der Waals surface area contributed by atoms with Crippen molar-refractivity contribution in [2.24, 2.45) is 0 Å². The summed E-state index contributed by atoms with van der Waals surface area (Å²) in [5.41, 5.74) is 29.9. The van der Waals surface area contributed by atoms with Crippen molar-refractivity contribution in [1.82, 2.24) is 24.1 Å². The van der Waals surface area contributed by atoms with Crippen molar-refractivity contribution in [3.63, 3.8) is 0 Å². The van der Waals surface area contributed by atoms with E-state index in [4.69, 9.17) is 15.0 Å². The van der Waals surface area contributed by atoms with Crippen LogP contribution >= 0.6 is 0 Å². The molecule has 13 aromatic carbocycles. The molecule has 0 N–H and O–H groups in total. The third-order valence-electron chi connectivity index (χ3n) is 20.0. The molecule has 0 aliphatic carbocycles. The largest absolute Gasteiger partial charge is 0.310 e. The number of hydrogen-bond donors (Lipinski definition) is 0. The van der Waals surface area contributed by atoms with Gasteiger partial charge in [0.25, 0.3) is 6.71 Å². The van der Waals surface area contributed by atoms with Crippen molar-refractivity contribution in [2.75, 3.05) is 0 Å². The zero-order chi connectivity index (χ0) is 63.8. The van der Waals surface area contributed by atoms with Crippen molar-refractivity contribution in [3.05, 3.63) is 302 Å². The lowest BCUT2D eigenvalue weighted by molar-refractivity contribution is 0.590. The van der Waals surface area contributed by atoms with E-state index in [9.17, 15) is 0 Å². The molecule has 5 heterocycles. The summed E-state index contributed by atoms with van der Waals surface area (Å²) in [6, 6.07) is 108. The first-order valence-electron chi connectivity index (χ1n) is 33.2. The van der Waals surface area contributed by atoms with E-state index in [0.29, 0.717) is 17.5 Å². The van der Waals surface area contributed by atoms with Gasteiger partial charge in [-0.2, -0.15) is 0 Å². The second-order valence-electron chi connectivity index (χ2n) is 27.9. The van der Waals surface area contributed by atoms with Crippen molar-refractivity contribution in [1.29, 1.82) is 0 Å². The van der Waals surface area contributed by atoms with Crippen LogP contribution in [-0.4, -0.2) is 30.8 Å². The van der Waals surface area contributed by atoms with Crippen LogP contribution in [0.15, 0.2) is 291 Å². The molecule has 5 nitrogen and oxygen atoms in total. The van der Waals surface area contributed by atoms with Crippen LogP contribution in [0.5, 0.6) is 0 Å². The summed E-state index contributed by atoms with van der Waals surface area (Å²) in [6.45, 7) is 13.6. The smallest absolute Gasteiger partial charge is 0.252 e. The van der Waals surface area contributed by atoms with Gasteiger partial charge in [0.15, 0.2) is 17.5 Å². The summed E-state index contributed by atoms with van der Waals surface area (Å²) >= 11 is 0. The number of fused-ring (bicyclic) bond motifs is 10. The molecule has 2 aliphatic heterocycles. The van der Waals surface area contributed by atoms with Crippen molar-refractivity contribution in [3.8, 4) is 112 Å². The minimum absolute atomic E-state index is 0.0122. The Morgan fingerprint density at radius 2 is 0.579 bits per heavy atom. The van der Waals surface area contributed by atoms with Gasteiger partial charge in [-0.15, -0.1) is 0 Å². The van der Waals surface area contributed by atoms with Crippen molar-refractivity contribution >= 4 is 66.7 Å². The van der Waals surface area contributed by atoms with E-state index in [0.717, 1.165) is 72.5 Å². The van der Waals surface area contributed by atoms with Crippen LogP contribution in [0.2, 0.25) is 0 Å². The van der Waals surface area contributed by atoms with Gasteiger partial charge in [0.1, 0.15) is 0 Å². The van der Waals surface area contributed by atoms with Crippen molar-refractivity contribution in [2.45, 2.75) is 52.4 Å². The normalized spacial score (nSPS) is 12.5. The van der Waals surface area contributed by atoms with E-state index in [2.05, 4.69) is 330 Å². The molecule has 0 unspecified atom stereocenters.